The number of unbranched alkanes of at least 4 members (excludes halogenated alkanes) is 1. The zero-order valence-electron chi connectivity index (χ0n) is 14.5. The van der Waals surface area contributed by atoms with Gasteiger partial charge < -0.3 is 10.6 Å². The Labute approximate surface area is 163 Å². The van der Waals surface area contributed by atoms with Crippen LogP contribution >= 0.6 is 0 Å². The number of hydrogen-bond acceptors (Lipinski definition) is 2. The van der Waals surface area contributed by atoms with Crippen molar-refractivity contribution in [1.82, 2.24) is 10.6 Å². The van der Waals surface area contributed by atoms with Crippen LogP contribution in [0.15, 0.2) is 24.3 Å². The van der Waals surface area contributed by atoms with Crippen LogP contribution in [0, 0.1) is 13.8 Å². The van der Waals surface area contributed by atoms with Crippen molar-refractivity contribution in [2.75, 3.05) is 14.1 Å². The summed E-state index contributed by atoms with van der Waals surface area (Å²) >= 11 is 0. The zero-order chi connectivity index (χ0) is 16.0. The van der Waals surface area contributed by atoms with Gasteiger partial charge in [0.1, 0.15) is 0 Å². The monoisotopic (exact) mass is 384 g/mol. The van der Waals surface area contributed by atoms with Gasteiger partial charge in [-0.15, -0.1) is 12.1 Å². The largest absolute Gasteiger partial charge is 0.358 e. The molecule has 0 saturated heterocycles. The second-order valence-corrected chi connectivity index (χ2v) is 4.55. The Hall–Kier alpha value is -0.376. The summed E-state index contributed by atoms with van der Waals surface area (Å²) in [6.45, 7) is 12.0. The Morgan fingerprint density at radius 1 is 1.18 bits per heavy atom. The minimum absolute atomic E-state index is 0. The normalized spacial score (nSPS) is 9.36. The Morgan fingerprint density at radius 2 is 1.64 bits per heavy atom. The molecule has 0 aliphatic rings. The summed E-state index contributed by atoms with van der Waals surface area (Å²) in [5.74, 6) is 0.0208. The molecule has 1 rings (SSSR count). The van der Waals surface area contributed by atoms with E-state index < -0.39 is 0 Å². The van der Waals surface area contributed by atoms with Gasteiger partial charge in [0.15, 0.2) is 0 Å². The molecule has 0 spiro atoms. The molecule has 0 heterocycles. The first-order valence-corrected chi connectivity index (χ1v) is 7.20. The Morgan fingerprint density at radius 3 is 1.82 bits per heavy atom. The van der Waals surface area contributed by atoms with Gasteiger partial charge in [-0.2, -0.15) is 24.1 Å². The average molecular weight is 384 g/mol. The molecule has 0 fully saturated rings. The molecule has 0 aliphatic carbocycles. The number of amides is 1. The van der Waals surface area contributed by atoms with E-state index in [4.69, 9.17) is 0 Å². The number of aryl methyl sites for hydroxylation is 1. The maximum absolute atomic E-state index is 10.6. The van der Waals surface area contributed by atoms with Crippen LogP contribution in [0.25, 0.3) is 0 Å². The van der Waals surface area contributed by atoms with Crippen molar-refractivity contribution in [3.63, 3.8) is 0 Å². The Kier molecular flexibility index (Phi) is 27.8. The molecule has 3 nitrogen and oxygen atoms in total. The summed E-state index contributed by atoms with van der Waals surface area (Å²) in [7, 11) is 3.37. The number of benzene rings is 1. The fourth-order valence-electron chi connectivity index (χ4n) is 0.958. The second-order valence-electron chi connectivity index (χ2n) is 4.55. The fourth-order valence-corrected chi connectivity index (χ4v) is 0.958. The standard InChI is InChI=1S/C8H9.C5H12N2O.C4H10.CH4.Y/c1-7-5-3-4-6-8(7)2;1-4(6-2)5(8)7-3;1-3-4-2;;/h3-6H,1H2,2H3;4,6H,1-3H3,(H,7,8);3-4H2,1-2H3;1H4;/q-1;;;;. The number of carbonyl (C=O) groups excluding carboxylic acids is 1. The van der Waals surface area contributed by atoms with Gasteiger partial charge in [-0.25, -0.2) is 0 Å². The number of likely N-dealkylation sites (N-methyl/N-ethyl adjacent to an activating group) is 2. The van der Waals surface area contributed by atoms with Crippen LogP contribution < -0.4 is 10.6 Å². The summed E-state index contributed by atoms with van der Waals surface area (Å²) in [5, 5.41) is 5.32. The summed E-state index contributed by atoms with van der Waals surface area (Å²) in [5.41, 5.74) is 2.38. The van der Waals surface area contributed by atoms with Crippen LogP contribution in [0.2, 0.25) is 0 Å². The van der Waals surface area contributed by atoms with Gasteiger partial charge in [-0.3, -0.25) is 4.79 Å². The molecule has 0 aliphatic heterocycles. The first-order valence-electron chi connectivity index (χ1n) is 7.20. The Balaban J connectivity index is -0.000000111. The van der Waals surface area contributed by atoms with Crippen LogP contribution in [0.3, 0.4) is 0 Å². The fraction of sp³-hybridized carbons (Fsp3) is 0.556. The number of rotatable bonds is 3. The van der Waals surface area contributed by atoms with Gasteiger partial charge >= 0.3 is 0 Å². The molecule has 127 valence electrons. The van der Waals surface area contributed by atoms with Crippen molar-refractivity contribution in [2.45, 2.75) is 54.0 Å². The molecule has 4 heteroatoms. The minimum Gasteiger partial charge on any atom is -0.358 e. The van der Waals surface area contributed by atoms with Crippen molar-refractivity contribution in [1.29, 1.82) is 0 Å². The van der Waals surface area contributed by atoms with Crippen LogP contribution in [0.1, 0.15) is 52.2 Å². The summed E-state index contributed by atoms with van der Waals surface area (Å²) in [6.07, 6.45) is 2.64. The van der Waals surface area contributed by atoms with Crippen molar-refractivity contribution >= 4 is 5.91 Å². The van der Waals surface area contributed by atoms with Gasteiger partial charge in [-0.1, -0.05) is 47.1 Å². The summed E-state index contributed by atoms with van der Waals surface area (Å²) in [6, 6.07) is 8.00. The first-order chi connectivity index (χ1) is 9.44. The van der Waals surface area contributed by atoms with Crippen molar-refractivity contribution in [3.05, 3.63) is 42.3 Å². The third kappa shape index (κ3) is 17.7. The predicted octanol–water partition coefficient (Wildman–Crippen LogP) is 3.96. The summed E-state index contributed by atoms with van der Waals surface area (Å²) in [4.78, 5) is 10.6. The van der Waals surface area contributed by atoms with Crippen LogP contribution in [0.5, 0.6) is 0 Å². The van der Waals surface area contributed by atoms with Gasteiger partial charge in [-0.05, 0) is 14.0 Å². The van der Waals surface area contributed by atoms with Crippen molar-refractivity contribution < 1.29 is 37.5 Å². The Bertz CT molecular complexity index is 334. The SMILES string of the molecule is C.CCCC.CNC(=O)C(C)NC.[CH2-]c1ccccc1C.[Y]. The second kappa shape index (κ2) is 20.6. The molecule has 0 saturated carbocycles. The van der Waals surface area contributed by atoms with E-state index in [9.17, 15) is 4.79 Å². The van der Waals surface area contributed by atoms with Crippen LogP contribution in [0.4, 0.5) is 0 Å². The van der Waals surface area contributed by atoms with E-state index in [0.717, 1.165) is 5.56 Å². The van der Waals surface area contributed by atoms with E-state index in [-0.39, 0.29) is 52.1 Å². The van der Waals surface area contributed by atoms with Crippen molar-refractivity contribution in [3.8, 4) is 0 Å². The molecule has 1 radical (unpaired) electrons. The van der Waals surface area contributed by atoms with E-state index in [1.807, 2.05) is 18.2 Å². The van der Waals surface area contributed by atoms with Crippen molar-refractivity contribution in [2.24, 2.45) is 0 Å². The van der Waals surface area contributed by atoms with E-state index in [1.165, 1.54) is 18.4 Å². The number of nitrogens with one attached hydrogen (secondary N) is 2. The third-order valence-electron chi connectivity index (χ3n) is 2.83. The molecule has 22 heavy (non-hydrogen) atoms. The molecule has 0 bridgehead atoms. The van der Waals surface area contributed by atoms with Crippen LogP contribution in [-0.4, -0.2) is 26.0 Å². The summed E-state index contributed by atoms with van der Waals surface area (Å²) < 4.78 is 0. The molecule has 0 aromatic heterocycles. The van der Waals surface area contributed by atoms with Gasteiger partial charge in [0.2, 0.25) is 5.91 Å². The number of carbonyl (C=O) groups is 1. The quantitative estimate of drug-likeness (QED) is 0.775. The molecule has 1 amide bonds. The molecular weight excluding hydrogens is 349 g/mol. The van der Waals surface area contributed by atoms with E-state index in [2.05, 4.69) is 44.4 Å². The maximum atomic E-state index is 10.6. The molecule has 2 N–H and O–H groups in total. The van der Waals surface area contributed by atoms with E-state index in [1.54, 1.807) is 21.0 Å². The smallest absolute Gasteiger partial charge is 0.236 e. The molecular formula is C18H35N2OY-. The average Bonchev–Trinajstić information content (AvgIpc) is 2.49. The number of hydrogen-bond donors (Lipinski definition) is 2. The first kappa shape index (κ1) is 29.6. The van der Waals surface area contributed by atoms with E-state index in [0.29, 0.717) is 0 Å². The molecule has 1 atom stereocenters. The topological polar surface area (TPSA) is 41.1 Å². The predicted molar refractivity (Wildman–Crippen MR) is 95.5 cm³/mol. The molecule has 1 aromatic rings. The van der Waals surface area contributed by atoms with Gasteiger partial charge in [0, 0.05) is 39.8 Å². The van der Waals surface area contributed by atoms with E-state index >= 15 is 0 Å². The van der Waals surface area contributed by atoms with Gasteiger partial charge in [0.25, 0.3) is 0 Å². The minimum atomic E-state index is -0.0833. The van der Waals surface area contributed by atoms with Crippen LogP contribution in [-0.2, 0) is 37.5 Å². The van der Waals surface area contributed by atoms with Gasteiger partial charge in [0.05, 0.1) is 6.04 Å². The molecule has 1 unspecified atom stereocenters. The zero-order valence-corrected chi connectivity index (χ0v) is 17.3. The molecule has 1 aromatic carbocycles. The third-order valence-corrected chi connectivity index (χ3v) is 2.83. The maximum Gasteiger partial charge on any atom is 0.236 e.